The van der Waals surface area contributed by atoms with Crippen LogP contribution in [0.15, 0.2) is 50.6 Å². The Labute approximate surface area is 146 Å². The first-order valence-corrected chi connectivity index (χ1v) is 8.53. The average Bonchev–Trinajstić information content (AvgIpc) is 3.19. The third kappa shape index (κ3) is 2.96. The van der Waals surface area contributed by atoms with E-state index in [1.165, 1.54) is 18.1 Å². The number of carbonyl (C=O) groups is 1. The lowest BCUT2D eigenvalue weighted by Crippen LogP contribution is -2.22. The lowest BCUT2D eigenvalue weighted by molar-refractivity contribution is -0.115. The highest BCUT2D eigenvalue weighted by atomic mass is 32.2. The van der Waals surface area contributed by atoms with Crippen molar-refractivity contribution in [3.63, 3.8) is 0 Å². The first-order chi connectivity index (χ1) is 12.1. The van der Waals surface area contributed by atoms with Gasteiger partial charge in [0.1, 0.15) is 28.2 Å². The lowest BCUT2D eigenvalue weighted by Gasteiger charge is -2.09. The molecule has 1 N–H and O–H groups in total. The molecular formula is C17H14N4O3S. The first-order valence-electron chi connectivity index (χ1n) is 7.65. The van der Waals surface area contributed by atoms with Gasteiger partial charge in [0.25, 0.3) is 0 Å². The average molecular weight is 354 g/mol. The second-order valence-corrected chi connectivity index (χ2v) is 6.86. The molecule has 4 aromatic rings. The predicted octanol–water partition coefficient (Wildman–Crippen LogP) is 3.79. The molecule has 0 aliphatic rings. The fraction of sp³-hybridized carbons (Fsp3) is 0.176. The largest absolute Gasteiger partial charge is 0.451 e. The summed E-state index contributed by atoms with van der Waals surface area (Å²) in [6, 6.07) is 9.33. The van der Waals surface area contributed by atoms with Crippen LogP contribution in [0.25, 0.3) is 22.1 Å². The van der Waals surface area contributed by atoms with Crippen LogP contribution in [-0.2, 0) is 4.79 Å². The molecule has 0 fully saturated rings. The smallest absolute Gasteiger partial charge is 0.238 e. The SMILES string of the molecule is Cc1cc(NC(=O)[C@@H](C)Sc2ncnc3c2oc2ccccc23)no1. The molecule has 4 rings (SSSR count). The van der Waals surface area contributed by atoms with Gasteiger partial charge in [-0.2, -0.15) is 0 Å². The number of rotatable bonds is 4. The van der Waals surface area contributed by atoms with Gasteiger partial charge in [-0.1, -0.05) is 29.1 Å². The Morgan fingerprint density at radius 1 is 1.28 bits per heavy atom. The summed E-state index contributed by atoms with van der Waals surface area (Å²) in [6.45, 7) is 3.56. The Morgan fingerprint density at radius 2 is 2.12 bits per heavy atom. The van der Waals surface area contributed by atoms with Crippen LogP contribution >= 0.6 is 11.8 Å². The molecule has 0 aliphatic carbocycles. The predicted molar refractivity (Wildman–Crippen MR) is 94.5 cm³/mol. The topological polar surface area (TPSA) is 94.1 Å². The van der Waals surface area contributed by atoms with Crippen LogP contribution in [0.5, 0.6) is 0 Å². The molecule has 1 aromatic carbocycles. The van der Waals surface area contributed by atoms with Gasteiger partial charge in [0.15, 0.2) is 11.4 Å². The number of nitrogens with zero attached hydrogens (tertiary/aromatic N) is 3. The molecule has 3 aromatic heterocycles. The molecule has 0 saturated carbocycles. The number of furan rings is 1. The zero-order valence-electron chi connectivity index (χ0n) is 13.5. The number of anilines is 1. The number of aryl methyl sites for hydroxylation is 1. The van der Waals surface area contributed by atoms with Crippen molar-refractivity contribution in [2.24, 2.45) is 0 Å². The number of aromatic nitrogens is 3. The zero-order chi connectivity index (χ0) is 17.4. The van der Waals surface area contributed by atoms with Crippen LogP contribution in [0.1, 0.15) is 12.7 Å². The minimum atomic E-state index is -0.400. The van der Waals surface area contributed by atoms with Crippen LogP contribution in [0.3, 0.4) is 0 Å². The summed E-state index contributed by atoms with van der Waals surface area (Å²) in [4.78, 5) is 20.9. The van der Waals surface area contributed by atoms with E-state index in [-0.39, 0.29) is 5.91 Å². The van der Waals surface area contributed by atoms with Crippen molar-refractivity contribution < 1.29 is 13.7 Å². The van der Waals surface area contributed by atoms with Crippen molar-refractivity contribution in [2.45, 2.75) is 24.1 Å². The highest BCUT2D eigenvalue weighted by Crippen LogP contribution is 2.34. The molecule has 1 atom stereocenters. The van der Waals surface area contributed by atoms with Gasteiger partial charge in [0.05, 0.1) is 5.25 Å². The van der Waals surface area contributed by atoms with E-state index in [1.807, 2.05) is 24.3 Å². The quantitative estimate of drug-likeness (QED) is 0.440. The van der Waals surface area contributed by atoms with Crippen molar-refractivity contribution in [1.29, 1.82) is 0 Å². The fourth-order valence-corrected chi connectivity index (χ4v) is 3.31. The number of hydrogen-bond acceptors (Lipinski definition) is 7. The van der Waals surface area contributed by atoms with E-state index < -0.39 is 5.25 Å². The summed E-state index contributed by atoms with van der Waals surface area (Å²) < 4.78 is 10.8. The Morgan fingerprint density at radius 3 is 2.92 bits per heavy atom. The highest BCUT2D eigenvalue weighted by Gasteiger charge is 2.20. The number of nitrogens with one attached hydrogen (secondary N) is 1. The molecule has 8 heteroatoms. The molecule has 0 radical (unpaired) electrons. The maximum Gasteiger partial charge on any atom is 0.238 e. The second kappa shape index (κ2) is 6.21. The molecule has 1 amide bonds. The Balaban J connectivity index is 1.60. The van der Waals surface area contributed by atoms with Crippen molar-refractivity contribution in [2.75, 3.05) is 5.32 Å². The Kier molecular flexibility index (Phi) is 3.89. The molecular weight excluding hydrogens is 340 g/mol. The van der Waals surface area contributed by atoms with Gasteiger partial charge in [0, 0.05) is 11.5 Å². The Hall–Kier alpha value is -2.87. The molecule has 7 nitrogen and oxygen atoms in total. The van der Waals surface area contributed by atoms with Crippen LogP contribution in [0, 0.1) is 6.92 Å². The number of fused-ring (bicyclic) bond motifs is 3. The van der Waals surface area contributed by atoms with E-state index in [2.05, 4.69) is 20.4 Å². The van der Waals surface area contributed by atoms with Gasteiger partial charge >= 0.3 is 0 Å². The third-order valence-corrected chi connectivity index (χ3v) is 4.74. The van der Waals surface area contributed by atoms with Gasteiger partial charge in [-0.3, -0.25) is 4.79 Å². The summed E-state index contributed by atoms with van der Waals surface area (Å²) in [5.74, 6) is 0.836. The molecule has 0 saturated heterocycles. The molecule has 0 aliphatic heterocycles. The van der Waals surface area contributed by atoms with E-state index in [9.17, 15) is 4.79 Å². The molecule has 3 heterocycles. The van der Waals surface area contributed by atoms with Crippen LogP contribution in [0.2, 0.25) is 0 Å². The zero-order valence-corrected chi connectivity index (χ0v) is 14.3. The maximum atomic E-state index is 12.3. The minimum absolute atomic E-state index is 0.193. The molecule has 25 heavy (non-hydrogen) atoms. The van der Waals surface area contributed by atoms with Crippen molar-refractivity contribution in [3.05, 3.63) is 42.4 Å². The normalized spacial score (nSPS) is 12.6. The lowest BCUT2D eigenvalue weighted by atomic mass is 10.2. The number of thioether (sulfide) groups is 1. The summed E-state index contributed by atoms with van der Waals surface area (Å²) in [5.41, 5.74) is 2.08. The van der Waals surface area contributed by atoms with E-state index in [0.717, 1.165) is 16.5 Å². The number of carbonyl (C=O) groups excluding carboxylic acids is 1. The van der Waals surface area contributed by atoms with E-state index in [0.29, 0.717) is 22.2 Å². The van der Waals surface area contributed by atoms with E-state index in [4.69, 9.17) is 8.94 Å². The third-order valence-electron chi connectivity index (χ3n) is 3.66. The summed E-state index contributed by atoms with van der Waals surface area (Å²) >= 11 is 1.31. The van der Waals surface area contributed by atoms with Gasteiger partial charge in [-0.15, -0.1) is 0 Å². The summed E-state index contributed by atoms with van der Waals surface area (Å²) in [7, 11) is 0. The maximum absolute atomic E-state index is 12.3. The van der Waals surface area contributed by atoms with Crippen LogP contribution in [-0.4, -0.2) is 26.3 Å². The van der Waals surface area contributed by atoms with Crippen LogP contribution < -0.4 is 5.32 Å². The van der Waals surface area contributed by atoms with Gasteiger partial charge in [-0.25, -0.2) is 9.97 Å². The second-order valence-electron chi connectivity index (χ2n) is 5.53. The molecule has 0 spiro atoms. The standard InChI is InChI=1S/C17H14N4O3S/c1-9-7-13(21-24-9)20-16(22)10(2)25-17-15-14(18-8-19-17)11-5-3-4-6-12(11)23-15/h3-8,10H,1-2H3,(H,20,21,22)/t10-/m1/s1. The molecule has 0 unspecified atom stereocenters. The van der Waals surface area contributed by atoms with Crippen LogP contribution in [0.4, 0.5) is 5.82 Å². The van der Waals surface area contributed by atoms with Gasteiger partial charge in [-0.05, 0) is 26.0 Å². The van der Waals surface area contributed by atoms with E-state index in [1.54, 1.807) is 19.9 Å². The number of amides is 1. The number of hydrogen-bond donors (Lipinski definition) is 1. The van der Waals surface area contributed by atoms with Gasteiger partial charge in [0.2, 0.25) is 5.91 Å². The molecule has 126 valence electrons. The number of benzene rings is 1. The monoisotopic (exact) mass is 354 g/mol. The minimum Gasteiger partial charge on any atom is -0.451 e. The summed E-state index contributed by atoms with van der Waals surface area (Å²) in [6.07, 6.45) is 1.48. The summed E-state index contributed by atoms with van der Waals surface area (Å²) in [5, 5.41) is 7.64. The van der Waals surface area contributed by atoms with E-state index >= 15 is 0 Å². The fourth-order valence-electron chi connectivity index (χ4n) is 2.46. The Bertz CT molecular complexity index is 1070. The molecule has 0 bridgehead atoms. The first kappa shape index (κ1) is 15.6. The van der Waals surface area contributed by atoms with Crippen molar-refractivity contribution in [1.82, 2.24) is 15.1 Å². The number of para-hydroxylation sites is 1. The van der Waals surface area contributed by atoms with Crippen molar-refractivity contribution in [3.8, 4) is 0 Å². The van der Waals surface area contributed by atoms with Gasteiger partial charge < -0.3 is 14.3 Å². The van der Waals surface area contributed by atoms with Crippen molar-refractivity contribution >= 4 is 45.6 Å². The highest BCUT2D eigenvalue weighted by molar-refractivity contribution is 8.00.